The van der Waals surface area contributed by atoms with E-state index in [1.165, 1.54) is 12.8 Å². The standard InChI is InChI=1S/C12H19N3O/c1-2-10(14-5-1)11-8-16-12(15-11)9-3-6-13-7-4-9/h8-10,13-14H,1-7H2. The van der Waals surface area contributed by atoms with Gasteiger partial charge >= 0.3 is 0 Å². The summed E-state index contributed by atoms with van der Waals surface area (Å²) in [7, 11) is 0. The number of hydrogen-bond donors (Lipinski definition) is 2. The number of rotatable bonds is 2. The van der Waals surface area contributed by atoms with Crippen molar-refractivity contribution in [2.75, 3.05) is 19.6 Å². The Morgan fingerprint density at radius 3 is 2.81 bits per heavy atom. The summed E-state index contributed by atoms with van der Waals surface area (Å²) in [6.45, 7) is 3.29. The second-order valence-corrected chi connectivity index (χ2v) is 4.78. The second-order valence-electron chi connectivity index (χ2n) is 4.78. The van der Waals surface area contributed by atoms with E-state index in [-0.39, 0.29) is 0 Å². The Morgan fingerprint density at radius 2 is 2.06 bits per heavy atom. The quantitative estimate of drug-likeness (QED) is 0.796. The monoisotopic (exact) mass is 221 g/mol. The summed E-state index contributed by atoms with van der Waals surface area (Å²) in [5, 5.41) is 6.82. The molecule has 0 amide bonds. The molecule has 2 N–H and O–H groups in total. The predicted molar refractivity (Wildman–Crippen MR) is 61.3 cm³/mol. The molecule has 1 atom stereocenters. The van der Waals surface area contributed by atoms with Crippen molar-refractivity contribution in [3.05, 3.63) is 17.8 Å². The van der Waals surface area contributed by atoms with E-state index in [0.29, 0.717) is 12.0 Å². The molecule has 0 saturated carbocycles. The molecule has 0 spiro atoms. The Bertz CT molecular complexity index is 338. The molecule has 1 unspecified atom stereocenters. The molecule has 0 radical (unpaired) electrons. The molecule has 2 aliphatic heterocycles. The zero-order valence-corrected chi connectivity index (χ0v) is 9.54. The van der Waals surface area contributed by atoms with Crippen LogP contribution in [0.15, 0.2) is 10.7 Å². The predicted octanol–water partition coefficient (Wildman–Crippen LogP) is 1.57. The van der Waals surface area contributed by atoms with Crippen LogP contribution in [0, 0.1) is 0 Å². The number of piperidine rings is 1. The van der Waals surface area contributed by atoms with Gasteiger partial charge in [-0.1, -0.05) is 0 Å². The average molecular weight is 221 g/mol. The first-order valence-electron chi connectivity index (χ1n) is 6.33. The molecule has 2 aliphatic rings. The summed E-state index contributed by atoms with van der Waals surface area (Å²) in [4.78, 5) is 4.66. The molecule has 3 rings (SSSR count). The van der Waals surface area contributed by atoms with E-state index in [0.717, 1.165) is 44.1 Å². The number of nitrogens with one attached hydrogen (secondary N) is 2. The Labute approximate surface area is 95.8 Å². The van der Waals surface area contributed by atoms with E-state index in [1.54, 1.807) is 0 Å². The van der Waals surface area contributed by atoms with E-state index >= 15 is 0 Å². The first-order valence-corrected chi connectivity index (χ1v) is 6.33. The van der Waals surface area contributed by atoms with Crippen LogP contribution in [0.2, 0.25) is 0 Å². The van der Waals surface area contributed by atoms with Crippen molar-refractivity contribution < 1.29 is 4.42 Å². The molecule has 4 heteroatoms. The van der Waals surface area contributed by atoms with Crippen molar-refractivity contribution in [3.8, 4) is 0 Å². The zero-order chi connectivity index (χ0) is 10.8. The minimum Gasteiger partial charge on any atom is -0.448 e. The van der Waals surface area contributed by atoms with E-state index in [1.807, 2.05) is 6.26 Å². The van der Waals surface area contributed by atoms with Gasteiger partial charge in [-0.15, -0.1) is 0 Å². The lowest BCUT2D eigenvalue weighted by Gasteiger charge is -2.19. The van der Waals surface area contributed by atoms with Gasteiger partial charge in [-0.05, 0) is 45.3 Å². The van der Waals surface area contributed by atoms with Crippen LogP contribution < -0.4 is 10.6 Å². The third kappa shape index (κ3) is 1.99. The second kappa shape index (κ2) is 4.55. The molecular weight excluding hydrogens is 202 g/mol. The molecule has 0 aliphatic carbocycles. The summed E-state index contributed by atoms with van der Waals surface area (Å²) < 4.78 is 5.64. The first-order chi connectivity index (χ1) is 7.93. The molecular formula is C12H19N3O. The number of hydrogen-bond acceptors (Lipinski definition) is 4. The Kier molecular flexibility index (Phi) is 2.93. The van der Waals surface area contributed by atoms with Crippen molar-refractivity contribution in [1.29, 1.82) is 0 Å². The third-order valence-electron chi connectivity index (χ3n) is 3.65. The van der Waals surface area contributed by atoms with Gasteiger partial charge in [0.15, 0.2) is 5.89 Å². The highest BCUT2D eigenvalue weighted by Crippen LogP contribution is 2.28. The fourth-order valence-corrected chi connectivity index (χ4v) is 2.65. The van der Waals surface area contributed by atoms with Gasteiger partial charge in [-0.3, -0.25) is 0 Å². The molecule has 2 fully saturated rings. The highest BCUT2D eigenvalue weighted by atomic mass is 16.3. The molecule has 1 aromatic rings. The van der Waals surface area contributed by atoms with Crippen molar-refractivity contribution in [1.82, 2.24) is 15.6 Å². The topological polar surface area (TPSA) is 50.1 Å². The van der Waals surface area contributed by atoms with Crippen LogP contribution in [0.1, 0.15) is 49.2 Å². The summed E-state index contributed by atoms with van der Waals surface area (Å²) in [5.74, 6) is 1.47. The maximum absolute atomic E-state index is 5.64. The fraction of sp³-hybridized carbons (Fsp3) is 0.750. The Balaban J connectivity index is 1.71. The molecule has 0 bridgehead atoms. The lowest BCUT2D eigenvalue weighted by atomic mass is 9.98. The number of oxazole rings is 1. The van der Waals surface area contributed by atoms with Gasteiger partial charge in [0.1, 0.15) is 6.26 Å². The summed E-state index contributed by atoms with van der Waals surface area (Å²) >= 11 is 0. The lowest BCUT2D eigenvalue weighted by molar-refractivity contribution is 0.374. The Hall–Kier alpha value is -0.870. The maximum Gasteiger partial charge on any atom is 0.197 e. The minimum absolute atomic E-state index is 0.430. The molecule has 16 heavy (non-hydrogen) atoms. The van der Waals surface area contributed by atoms with E-state index in [9.17, 15) is 0 Å². The van der Waals surface area contributed by atoms with Gasteiger partial charge in [0.2, 0.25) is 0 Å². The van der Waals surface area contributed by atoms with Crippen molar-refractivity contribution in [2.24, 2.45) is 0 Å². The molecule has 2 saturated heterocycles. The molecule has 4 nitrogen and oxygen atoms in total. The number of nitrogens with zero attached hydrogens (tertiary/aromatic N) is 1. The molecule has 3 heterocycles. The third-order valence-corrected chi connectivity index (χ3v) is 3.65. The fourth-order valence-electron chi connectivity index (χ4n) is 2.65. The van der Waals surface area contributed by atoms with E-state index in [2.05, 4.69) is 15.6 Å². The smallest absolute Gasteiger partial charge is 0.197 e. The van der Waals surface area contributed by atoms with Crippen molar-refractivity contribution in [3.63, 3.8) is 0 Å². The normalized spacial score (nSPS) is 27.4. The largest absolute Gasteiger partial charge is 0.448 e. The van der Waals surface area contributed by atoms with Gasteiger partial charge in [0.05, 0.1) is 11.7 Å². The van der Waals surface area contributed by atoms with E-state index in [4.69, 9.17) is 4.42 Å². The van der Waals surface area contributed by atoms with Gasteiger partial charge in [-0.2, -0.15) is 0 Å². The van der Waals surface area contributed by atoms with Crippen LogP contribution in [0.25, 0.3) is 0 Å². The van der Waals surface area contributed by atoms with Crippen molar-refractivity contribution in [2.45, 2.75) is 37.6 Å². The summed E-state index contributed by atoms with van der Waals surface area (Å²) in [5.41, 5.74) is 1.10. The average Bonchev–Trinajstić information content (AvgIpc) is 3.01. The van der Waals surface area contributed by atoms with Crippen LogP contribution >= 0.6 is 0 Å². The maximum atomic E-state index is 5.64. The van der Waals surface area contributed by atoms with Gasteiger partial charge in [0, 0.05) is 5.92 Å². The first kappa shape index (κ1) is 10.3. The van der Waals surface area contributed by atoms with Crippen LogP contribution in [0.5, 0.6) is 0 Å². The van der Waals surface area contributed by atoms with Crippen LogP contribution in [0.4, 0.5) is 0 Å². The Morgan fingerprint density at radius 1 is 1.19 bits per heavy atom. The van der Waals surface area contributed by atoms with E-state index < -0.39 is 0 Å². The van der Waals surface area contributed by atoms with Crippen LogP contribution in [-0.2, 0) is 0 Å². The van der Waals surface area contributed by atoms with Crippen LogP contribution in [-0.4, -0.2) is 24.6 Å². The van der Waals surface area contributed by atoms with Crippen molar-refractivity contribution >= 4 is 0 Å². The summed E-state index contributed by atoms with van der Waals surface area (Å²) in [6, 6.07) is 0.430. The molecule has 88 valence electrons. The highest BCUT2D eigenvalue weighted by Gasteiger charge is 2.24. The van der Waals surface area contributed by atoms with Gasteiger partial charge in [0.25, 0.3) is 0 Å². The summed E-state index contributed by atoms with van der Waals surface area (Å²) in [6.07, 6.45) is 6.59. The zero-order valence-electron chi connectivity index (χ0n) is 9.54. The minimum atomic E-state index is 0.430. The number of aromatic nitrogens is 1. The SMILES string of the molecule is c1oc(C2CCNCC2)nc1C1CCCN1. The lowest BCUT2D eigenvalue weighted by Crippen LogP contribution is -2.26. The highest BCUT2D eigenvalue weighted by molar-refractivity contribution is 5.08. The molecule has 0 aromatic carbocycles. The van der Waals surface area contributed by atoms with Gasteiger partial charge in [-0.25, -0.2) is 4.98 Å². The van der Waals surface area contributed by atoms with Gasteiger partial charge < -0.3 is 15.1 Å². The van der Waals surface area contributed by atoms with Crippen LogP contribution in [0.3, 0.4) is 0 Å². The molecule has 1 aromatic heterocycles.